The van der Waals surface area contributed by atoms with Crippen LogP contribution in [0, 0.1) is 0 Å². The molecule has 0 atom stereocenters. The van der Waals surface area contributed by atoms with E-state index in [1.165, 1.54) is 6.39 Å². The Morgan fingerprint density at radius 2 is 2.19 bits per heavy atom. The third-order valence-electron chi connectivity index (χ3n) is 2.64. The molecular formula is C11H10N4O. The molecule has 2 aromatic heterocycles. The standard InChI is InChI=1S/C11H10N4O/c1-15-11(12)8(5-14-15)7-3-2-4-9-10(7)13-6-16-9/h2-6H,12H2,1H3. The van der Waals surface area contributed by atoms with E-state index in [1.54, 1.807) is 10.9 Å². The van der Waals surface area contributed by atoms with Gasteiger partial charge in [-0.05, 0) is 6.07 Å². The van der Waals surface area contributed by atoms with Crippen LogP contribution in [-0.4, -0.2) is 14.8 Å². The van der Waals surface area contributed by atoms with Gasteiger partial charge < -0.3 is 10.2 Å². The average Bonchev–Trinajstić information content (AvgIpc) is 2.87. The number of rotatable bonds is 1. The van der Waals surface area contributed by atoms with Crippen molar-refractivity contribution >= 4 is 16.9 Å². The Labute approximate surface area is 91.5 Å². The zero-order chi connectivity index (χ0) is 11.1. The predicted octanol–water partition coefficient (Wildman–Crippen LogP) is 1.81. The van der Waals surface area contributed by atoms with E-state index < -0.39 is 0 Å². The Hall–Kier alpha value is -2.30. The van der Waals surface area contributed by atoms with Crippen LogP contribution in [0.1, 0.15) is 0 Å². The smallest absolute Gasteiger partial charge is 0.182 e. The molecule has 2 heterocycles. The minimum Gasteiger partial charge on any atom is -0.443 e. The average molecular weight is 214 g/mol. The summed E-state index contributed by atoms with van der Waals surface area (Å²) in [6.45, 7) is 0. The van der Waals surface area contributed by atoms with Crippen molar-refractivity contribution in [1.29, 1.82) is 0 Å². The molecule has 0 radical (unpaired) electrons. The summed E-state index contributed by atoms with van der Waals surface area (Å²) in [6, 6.07) is 5.74. The Morgan fingerprint density at radius 1 is 1.31 bits per heavy atom. The van der Waals surface area contributed by atoms with Crippen LogP contribution in [0.15, 0.2) is 35.2 Å². The van der Waals surface area contributed by atoms with E-state index in [9.17, 15) is 0 Å². The first kappa shape index (κ1) is 8.96. The number of hydrogen-bond donors (Lipinski definition) is 1. The van der Waals surface area contributed by atoms with Crippen molar-refractivity contribution in [3.63, 3.8) is 0 Å². The van der Waals surface area contributed by atoms with Crippen LogP contribution in [-0.2, 0) is 7.05 Å². The van der Waals surface area contributed by atoms with Gasteiger partial charge in [0, 0.05) is 18.2 Å². The maximum Gasteiger partial charge on any atom is 0.182 e. The Kier molecular flexibility index (Phi) is 1.73. The molecule has 1 aromatic carbocycles. The van der Waals surface area contributed by atoms with Gasteiger partial charge in [-0.1, -0.05) is 12.1 Å². The summed E-state index contributed by atoms with van der Waals surface area (Å²) in [5.41, 5.74) is 9.31. The number of fused-ring (bicyclic) bond motifs is 1. The minimum atomic E-state index is 0.621. The lowest BCUT2D eigenvalue weighted by Gasteiger charge is -2.00. The lowest BCUT2D eigenvalue weighted by Crippen LogP contribution is -1.98. The van der Waals surface area contributed by atoms with Gasteiger partial charge in [-0.3, -0.25) is 4.68 Å². The van der Waals surface area contributed by atoms with Crippen molar-refractivity contribution in [2.75, 3.05) is 5.73 Å². The van der Waals surface area contributed by atoms with E-state index in [4.69, 9.17) is 10.2 Å². The monoisotopic (exact) mass is 214 g/mol. The normalized spacial score (nSPS) is 11.1. The van der Waals surface area contributed by atoms with Crippen LogP contribution in [0.4, 0.5) is 5.82 Å². The predicted molar refractivity (Wildman–Crippen MR) is 60.6 cm³/mol. The van der Waals surface area contributed by atoms with Crippen LogP contribution in [0.25, 0.3) is 22.2 Å². The molecule has 0 aliphatic rings. The second kappa shape index (κ2) is 3.10. The van der Waals surface area contributed by atoms with Gasteiger partial charge in [0.15, 0.2) is 12.0 Å². The van der Waals surface area contributed by atoms with E-state index >= 15 is 0 Å². The van der Waals surface area contributed by atoms with Crippen molar-refractivity contribution in [3.05, 3.63) is 30.8 Å². The van der Waals surface area contributed by atoms with Gasteiger partial charge >= 0.3 is 0 Å². The Morgan fingerprint density at radius 3 is 2.94 bits per heavy atom. The van der Waals surface area contributed by atoms with Crippen LogP contribution in [0.3, 0.4) is 0 Å². The summed E-state index contributed by atoms with van der Waals surface area (Å²) < 4.78 is 6.88. The molecule has 0 saturated carbocycles. The number of nitrogen functional groups attached to an aromatic ring is 1. The highest BCUT2D eigenvalue weighted by molar-refractivity contribution is 5.93. The molecule has 80 valence electrons. The molecule has 0 aliphatic heterocycles. The minimum absolute atomic E-state index is 0.621. The van der Waals surface area contributed by atoms with Gasteiger partial charge in [-0.25, -0.2) is 4.98 Å². The summed E-state index contributed by atoms with van der Waals surface area (Å²) in [5, 5.41) is 4.12. The SMILES string of the molecule is Cn1ncc(-c2cccc3ocnc23)c1N. The third-order valence-corrected chi connectivity index (χ3v) is 2.64. The first-order valence-electron chi connectivity index (χ1n) is 4.87. The van der Waals surface area contributed by atoms with Crippen molar-refractivity contribution in [2.45, 2.75) is 0 Å². The highest BCUT2D eigenvalue weighted by Crippen LogP contribution is 2.30. The molecule has 3 aromatic rings. The maximum atomic E-state index is 5.94. The lowest BCUT2D eigenvalue weighted by molar-refractivity contribution is 0.602. The van der Waals surface area contributed by atoms with Crippen molar-refractivity contribution in [2.24, 2.45) is 7.05 Å². The fraction of sp³-hybridized carbons (Fsp3) is 0.0909. The van der Waals surface area contributed by atoms with Crippen LogP contribution < -0.4 is 5.73 Å². The van der Waals surface area contributed by atoms with E-state index in [-0.39, 0.29) is 0 Å². The number of benzene rings is 1. The van der Waals surface area contributed by atoms with Crippen molar-refractivity contribution in [3.8, 4) is 11.1 Å². The zero-order valence-electron chi connectivity index (χ0n) is 8.71. The quantitative estimate of drug-likeness (QED) is 0.670. The molecule has 5 heteroatoms. The van der Waals surface area contributed by atoms with Crippen LogP contribution in [0.5, 0.6) is 0 Å². The van der Waals surface area contributed by atoms with E-state index in [2.05, 4.69) is 10.1 Å². The van der Waals surface area contributed by atoms with Gasteiger partial charge in [0.2, 0.25) is 0 Å². The number of para-hydroxylation sites is 1. The fourth-order valence-corrected chi connectivity index (χ4v) is 1.76. The van der Waals surface area contributed by atoms with E-state index in [0.717, 1.165) is 22.2 Å². The molecule has 0 aliphatic carbocycles. The summed E-state index contributed by atoms with van der Waals surface area (Å²) in [6.07, 6.45) is 3.17. The number of oxazole rings is 1. The zero-order valence-corrected chi connectivity index (χ0v) is 8.71. The second-order valence-electron chi connectivity index (χ2n) is 3.57. The first-order chi connectivity index (χ1) is 7.77. The molecule has 0 bridgehead atoms. The number of anilines is 1. The van der Waals surface area contributed by atoms with Gasteiger partial charge in [0.05, 0.1) is 6.20 Å². The highest BCUT2D eigenvalue weighted by atomic mass is 16.3. The maximum absolute atomic E-state index is 5.94. The number of aryl methyl sites for hydroxylation is 1. The molecule has 3 rings (SSSR count). The molecule has 16 heavy (non-hydrogen) atoms. The summed E-state index contributed by atoms with van der Waals surface area (Å²) in [7, 11) is 1.81. The fourth-order valence-electron chi connectivity index (χ4n) is 1.76. The van der Waals surface area contributed by atoms with Gasteiger partial charge in [0.1, 0.15) is 11.3 Å². The second-order valence-corrected chi connectivity index (χ2v) is 3.57. The molecule has 0 spiro atoms. The number of aromatic nitrogens is 3. The Balaban J connectivity index is 2.33. The third kappa shape index (κ3) is 1.11. The molecular weight excluding hydrogens is 204 g/mol. The number of nitrogens with zero attached hydrogens (tertiary/aromatic N) is 3. The van der Waals surface area contributed by atoms with Gasteiger partial charge in [0.25, 0.3) is 0 Å². The van der Waals surface area contributed by atoms with E-state index in [1.807, 2.05) is 25.2 Å². The molecule has 0 amide bonds. The highest BCUT2D eigenvalue weighted by Gasteiger charge is 2.12. The summed E-state index contributed by atoms with van der Waals surface area (Å²) in [5.74, 6) is 0.621. The summed E-state index contributed by atoms with van der Waals surface area (Å²) >= 11 is 0. The van der Waals surface area contributed by atoms with Crippen molar-refractivity contribution < 1.29 is 4.42 Å². The molecule has 0 fully saturated rings. The molecule has 5 nitrogen and oxygen atoms in total. The number of nitrogens with two attached hydrogens (primary N) is 1. The summed E-state index contributed by atoms with van der Waals surface area (Å²) in [4.78, 5) is 4.19. The Bertz CT molecular complexity index is 653. The van der Waals surface area contributed by atoms with Crippen LogP contribution >= 0.6 is 0 Å². The topological polar surface area (TPSA) is 69.9 Å². The number of hydrogen-bond acceptors (Lipinski definition) is 4. The van der Waals surface area contributed by atoms with Gasteiger partial charge in [-0.2, -0.15) is 5.10 Å². The molecule has 0 saturated heterocycles. The largest absolute Gasteiger partial charge is 0.443 e. The van der Waals surface area contributed by atoms with Gasteiger partial charge in [-0.15, -0.1) is 0 Å². The molecule has 0 unspecified atom stereocenters. The van der Waals surface area contributed by atoms with Crippen molar-refractivity contribution in [1.82, 2.24) is 14.8 Å². The van der Waals surface area contributed by atoms with Crippen LogP contribution in [0.2, 0.25) is 0 Å². The molecule has 2 N–H and O–H groups in total. The van der Waals surface area contributed by atoms with E-state index in [0.29, 0.717) is 5.82 Å². The first-order valence-corrected chi connectivity index (χ1v) is 4.87. The lowest BCUT2D eigenvalue weighted by atomic mass is 10.1.